The van der Waals surface area contributed by atoms with Gasteiger partial charge in [-0.25, -0.2) is 4.98 Å². The fourth-order valence-corrected chi connectivity index (χ4v) is 1.40. The number of nitrogens with one attached hydrogen (secondary N) is 1. The molecule has 0 unspecified atom stereocenters. The third-order valence-electron chi connectivity index (χ3n) is 2.10. The second-order valence-electron chi connectivity index (χ2n) is 5.30. The van der Waals surface area contributed by atoms with Crippen molar-refractivity contribution in [1.29, 1.82) is 0 Å². The van der Waals surface area contributed by atoms with E-state index in [1.165, 1.54) is 6.07 Å². The molecule has 1 aromatic rings. The SMILES string of the molecule is CC.CC(C)(C)NCCc1cccc(OC(C)(F)F)n1. The summed E-state index contributed by atoms with van der Waals surface area (Å²) in [6.07, 6.45) is -2.53. The summed E-state index contributed by atoms with van der Waals surface area (Å²) in [7, 11) is 0. The van der Waals surface area contributed by atoms with E-state index in [1.807, 2.05) is 13.8 Å². The molecule has 20 heavy (non-hydrogen) atoms. The van der Waals surface area contributed by atoms with Crippen LogP contribution in [0.4, 0.5) is 8.78 Å². The average molecular weight is 288 g/mol. The Morgan fingerprint density at radius 2 is 1.75 bits per heavy atom. The Morgan fingerprint density at radius 1 is 1.15 bits per heavy atom. The Kier molecular flexibility index (Phi) is 7.64. The highest BCUT2D eigenvalue weighted by atomic mass is 19.3. The van der Waals surface area contributed by atoms with Crippen molar-refractivity contribution in [3.63, 3.8) is 0 Å². The number of pyridine rings is 1. The molecule has 1 rings (SSSR count). The van der Waals surface area contributed by atoms with Gasteiger partial charge in [0.1, 0.15) is 0 Å². The number of hydrogen-bond donors (Lipinski definition) is 1. The zero-order valence-corrected chi connectivity index (χ0v) is 13.3. The fraction of sp³-hybridized carbons (Fsp3) is 0.667. The molecular formula is C15H26F2N2O. The minimum absolute atomic E-state index is 0.0323. The highest BCUT2D eigenvalue weighted by Gasteiger charge is 2.23. The molecule has 1 heterocycles. The molecule has 0 aliphatic rings. The van der Waals surface area contributed by atoms with Gasteiger partial charge < -0.3 is 10.1 Å². The molecule has 1 aromatic heterocycles. The van der Waals surface area contributed by atoms with Crippen molar-refractivity contribution in [1.82, 2.24) is 10.3 Å². The third kappa shape index (κ3) is 9.67. The number of halogens is 2. The van der Waals surface area contributed by atoms with Crippen LogP contribution < -0.4 is 10.1 Å². The minimum atomic E-state index is -3.20. The first kappa shape index (κ1) is 18.8. The first-order valence-electron chi connectivity index (χ1n) is 6.93. The van der Waals surface area contributed by atoms with Crippen molar-refractivity contribution in [2.24, 2.45) is 0 Å². The molecule has 0 bridgehead atoms. The summed E-state index contributed by atoms with van der Waals surface area (Å²) in [6.45, 7) is 11.6. The Balaban J connectivity index is 0.00000172. The van der Waals surface area contributed by atoms with Gasteiger partial charge in [-0.1, -0.05) is 19.9 Å². The van der Waals surface area contributed by atoms with E-state index in [2.05, 4.69) is 35.8 Å². The van der Waals surface area contributed by atoms with E-state index in [9.17, 15) is 8.78 Å². The number of hydrogen-bond acceptors (Lipinski definition) is 3. The quantitative estimate of drug-likeness (QED) is 0.888. The van der Waals surface area contributed by atoms with Crippen LogP contribution in [0.1, 0.15) is 47.2 Å². The summed E-state index contributed by atoms with van der Waals surface area (Å²) in [5.74, 6) is -0.0456. The zero-order valence-electron chi connectivity index (χ0n) is 13.3. The molecule has 1 N–H and O–H groups in total. The molecule has 0 atom stereocenters. The Labute approximate surface area is 120 Å². The van der Waals surface area contributed by atoms with Gasteiger partial charge >= 0.3 is 6.11 Å². The first-order valence-corrected chi connectivity index (χ1v) is 6.93. The van der Waals surface area contributed by atoms with Gasteiger partial charge in [-0.2, -0.15) is 8.78 Å². The normalized spacial score (nSPS) is 11.6. The van der Waals surface area contributed by atoms with E-state index in [0.717, 1.165) is 12.2 Å². The molecule has 3 nitrogen and oxygen atoms in total. The minimum Gasteiger partial charge on any atom is -0.415 e. The summed E-state index contributed by atoms with van der Waals surface area (Å²) >= 11 is 0. The summed E-state index contributed by atoms with van der Waals surface area (Å²) < 4.78 is 29.8. The lowest BCUT2D eigenvalue weighted by atomic mass is 10.1. The predicted octanol–water partition coefficient (Wildman–Crippen LogP) is 4.03. The molecule has 0 aromatic carbocycles. The van der Waals surface area contributed by atoms with E-state index >= 15 is 0 Å². The lowest BCUT2D eigenvalue weighted by Crippen LogP contribution is -2.37. The lowest BCUT2D eigenvalue weighted by molar-refractivity contribution is -0.161. The molecule has 0 fully saturated rings. The van der Waals surface area contributed by atoms with Gasteiger partial charge in [-0.05, 0) is 26.8 Å². The Hall–Kier alpha value is -1.23. The molecule has 0 aliphatic heterocycles. The lowest BCUT2D eigenvalue weighted by Gasteiger charge is -2.20. The monoisotopic (exact) mass is 288 g/mol. The fourth-order valence-electron chi connectivity index (χ4n) is 1.40. The van der Waals surface area contributed by atoms with E-state index in [4.69, 9.17) is 0 Å². The van der Waals surface area contributed by atoms with Crippen LogP contribution in [0.25, 0.3) is 0 Å². The van der Waals surface area contributed by atoms with Crippen LogP contribution in [-0.4, -0.2) is 23.2 Å². The van der Waals surface area contributed by atoms with Crippen molar-refractivity contribution >= 4 is 0 Å². The summed E-state index contributed by atoms with van der Waals surface area (Å²) in [6, 6.07) is 4.89. The maximum absolute atomic E-state index is 12.7. The van der Waals surface area contributed by atoms with Crippen molar-refractivity contribution in [3.05, 3.63) is 23.9 Å². The summed E-state index contributed by atoms with van der Waals surface area (Å²) in [5, 5.41) is 3.31. The van der Waals surface area contributed by atoms with Crippen molar-refractivity contribution in [3.8, 4) is 5.88 Å². The average Bonchev–Trinajstić information content (AvgIpc) is 2.28. The van der Waals surface area contributed by atoms with E-state index < -0.39 is 6.11 Å². The van der Waals surface area contributed by atoms with Crippen LogP contribution in [0.15, 0.2) is 18.2 Å². The standard InChI is InChI=1S/C13H20F2N2O.C2H6/c1-12(2,3)16-9-8-10-6-5-7-11(17-10)18-13(4,14)15;1-2/h5-7,16H,8-9H2,1-4H3;1-2H3. The molecule has 0 saturated carbocycles. The number of alkyl halides is 2. The first-order chi connectivity index (χ1) is 9.16. The molecule has 0 radical (unpaired) electrons. The van der Waals surface area contributed by atoms with Gasteiger partial charge in [0, 0.05) is 37.2 Å². The van der Waals surface area contributed by atoms with Gasteiger partial charge in [0.15, 0.2) is 0 Å². The molecular weight excluding hydrogens is 262 g/mol. The molecule has 0 spiro atoms. The molecule has 0 amide bonds. The Bertz CT molecular complexity index is 384. The maximum atomic E-state index is 12.7. The second kappa shape index (κ2) is 8.15. The highest BCUT2D eigenvalue weighted by molar-refractivity contribution is 5.16. The van der Waals surface area contributed by atoms with Gasteiger partial charge in [-0.15, -0.1) is 0 Å². The van der Waals surface area contributed by atoms with E-state index in [-0.39, 0.29) is 11.4 Å². The van der Waals surface area contributed by atoms with Crippen molar-refractivity contribution in [2.75, 3.05) is 6.54 Å². The van der Waals surface area contributed by atoms with Gasteiger partial charge in [0.25, 0.3) is 0 Å². The van der Waals surface area contributed by atoms with Crippen LogP contribution in [-0.2, 0) is 6.42 Å². The predicted molar refractivity (Wildman–Crippen MR) is 78.3 cm³/mol. The summed E-state index contributed by atoms with van der Waals surface area (Å²) in [5.41, 5.74) is 0.762. The van der Waals surface area contributed by atoms with Crippen LogP contribution in [0.5, 0.6) is 5.88 Å². The maximum Gasteiger partial charge on any atom is 0.396 e. The van der Waals surface area contributed by atoms with E-state index in [0.29, 0.717) is 13.3 Å². The number of nitrogens with zero attached hydrogens (tertiary/aromatic N) is 1. The molecule has 0 saturated heterocycles. The second-order valence-corrected chi connectivity index (χ2v) is 5.30. The van der Waals surface area contributed by atoms with Crippen LogP contribution in [0.3, 0.4) is 0 Å². The van der Waals surface area contributed by atoms with Crippen LogP contribution in [0.2, 0.25) is 0 Å². The van der Waals surface area contributed by atoms with Crippen molar-refractivity contribution in [2.45, 2.75) is 59.6 Å². The van der Waals surface area contributed by atoms with Crippen LogP contribution in [0, 0.1) is 0 Å². The third-order valence-corrected chi connectivity index (χ3v) is 2.10. The van der Waals surface area contributed by atoms with Crippen molar-refractivity contribution < 1.29 is 13.5 Å². The summed E-state index contributed by atoms with van der Waals surface area (Å²) in [4.78, 5) is 4.04. The smallest absolute Gasteiger partial charge is 0.396 e. The van der Waals surface area contributed by atoms with Crippen LogP contribution >= 0.6 is 0 Å². The molecule has 5 heteroatoms. The van der Waals surface area contributed by atoms with Gasteiger partial charge in [0.2, 0.25) is 5.88 Å². The molecule has 0 aliphatic carbocycles. The van der Waals surface area contributed by atoms with Gasteiger partial charge in [0.05, 0.1) is 0 Å². The number of ether oxygens (including phenoxy) is 1. The number of aromatic nitrogens is 1. The highest BCUT2D eigenvalue weighted by Crippen LogP contribution is 2.18. The van der Waals surface area contributed by atoms with Gasteiger partial charge in [-0.3, -0.25) is 0 Å². The largest absolute Gasteiger partial charge is 0.415 e. The molecule has 116 valence electrons. The zero-order chi connectivity index (χ0) is 15.8. The number of rotatable bonds is 5. The Morgan fingerprint density at radius 3 is 2.25 bits per heavy atom. The van der Waals surface area contributed by atoms with E-state index in [1.54, 1.807) is 12.1 Å². The topological polar surface area (TPSA) is 34.1 Å².